The predicted molar refractivity (Wildman–Crippen MR) is 144 cm³/mol. The van der Waals surface area contributed by atoms with E-state index in [1.165, 1.54) is 4.90 Å². The number of carbonyl (C=O) groups is 2. The highest BCUT2D eigenvalue weighted by molar-refractivity contribution is 6.25. The van der Waals surface area contributed by atoms with Crippen LogP contribution < -0.4 is 4.74 Å². The van der Waals surface area contributed by atoms with E-state index in [0.717, 1.165) is 54.7 Å². The molecule has 0 aliphatic carbocycles. The Morgan fingerprint density at radius 1 is 0.865 bits per heavy atom. The molecule has 1 atom stereocenters. The van der Waals surface area contributed by atoms with Gasteiger partial charge in [-0.1, -0.05) is 48.5 Å². The molecular formula is C30H33N3O4. The van der Waals surface area contributed by atoms with Crippen LogP contribution in [0.4, 0.5) is 0 Å². The number of rotatable bonds is 10. The van der Waals surface area contributed by atoms with E-state index in [9.17, 15) is 14.7 Å². The molecule has 2 aliphatic heterocycles. The van der Waals surface area contributed by atoms with Crippen LogP contribution in [0.3, 0.4) is 0 Å². The minimum Gasteiger partial charge on any atom is -0.491 e. The standard InChI is InChI=1S/C30H33N3O4/c1-2-7-22-8-3-4-13-27(22)37-21-24(34)20-32-16-14-31(15-17-32)18-19-33-29(35)25-11-5-9-23-10-6-12-26(28(23)25)30(33)36/h2-6,8-13,24,34H,1,7,14-21H2/t24-/m0/s1. The van der Waals surface area contributed by atoms with E-state index < -0.39 is 6.10 Å². The fourth-order valence-corrected chi connectivity index (χ4v) is 5.23. The molecule has 7 nitrogen and oxygen atoms in total. The summed E-state index contributed by atoms with van der Waals surface area (Å²) in [7, 11) is 0. The number of imide groups is 1. The van der Waals surface area contributed by atoms with E-state index in [1.54, 1.807) is 12.1 Å². The van der Waals surface area contributed by atoms with Crippen molar-refractivity contribution in [3.8, 4) is 5.75 Å². The summed E-state index contributed by atoms with van der Waals surface area (Å²) in [6, 6.07) is 19.0. The molecule has 0 unspecified atom stereocenters. The van der Waals surface area contributed by atoms with Crippen LogP contribution in [0.1, 0.15) is 26.3 Å². The van der Waals surface area contributed by atoms with Gasteiger partial charge in [-0.25, -0.2) is 0 Å². The number of para-hydroxylation sites is 1. The van der Waals surface area contributed by atoms with Crippen LogP contribution in [-0.2, 0) is 6.42 Å². The summed E-state index contributed by atoms with van der Waals surface area (Å²) in [5.74, 6) is 0.350. The molecule has 3 aromatic rings. The Morgan fingerprint density at radius 3 is 2.19 bits per heavy atom. The van der Waals surface area contributed by atoms with Crippen LogP contribution >= 0.6 is 0 Å². The van der Waals surface area contributed by atoms with Crippen LogP contribution in [0.15, 0.2) is 73.3 Å². The van der Waals surface area contributed by atoms with Crippen molar-refractivity contribution in [3.63, 3.8) is 0 Å². The van der Waals surface area contributed by atoms with Crippen LogP contribution in [0, 0.1) is 0 Å². The summed E-state index contributed by atoms with van der Waals surface area (Å²) in [6.45, 7) is 8.83. The number of allylic oxidation sites excluding steroid dienone is 1. The van der Waals surface area contributed by atoms with Gasteiger partial charge in [0.1, 0.15) is 18.5 Å². The van der Waals surface area contributed by atoms with Crippen molar-refractivity contribution in [1.29, 1.82) is 0 Å². The van der Waals surface area contributed by atoms with Gasteiger partial charge >= 0.3 is 0 Å². The number of hydrogen-bond acceptors (Lipinski definition) is 6. The SMILES string of the molecule is C=CCc1ccccc1OC[C@@H](O)CN1CCN(CCN2C(=O)c3cccc4cccc(c34)C2=O)CC1. The molecule has 0 radical (unpaired) electrons. The smallest absolute Gasteiger partial charge is 0.261 e. The molecule has 1 N–H and O–H groups in total. The van der Waals surface area contributed by atoms with E-state index in [-0.39, 0.29) is 18.4 Å². The molecule has 0 spiro atoms. The lowest BCUT2D eigenvalue weighted by atomic mass is 9.94. The maximum atomic E-state index is 13.1. The monoisotopic (exact) mass is 499 g/mol. The molecule has 1 saturated heterocycles. The second kappa shape index (κ2) is 11.3. The largest absolute Gasteiger partial charge is 0.491 e. The topological polar surface area (TPSA) is 73.3 Å². The van der Waals surface area contributed by atoms with Gasteiger partial charge in [-0.3, -0.25) is 24.3 Å². The Bertz CT molecular complexity index is 1250. The fourth-order valence-electron chi connectivity index (χ4n) is 5.23. The second-order valence-electron chi connectivity index (χ2n) is 9.68. The molecule has 192 valence electrons. The summed E-state index contributed by atoms with van der Waals surface area (Å²) in [5, 5.41) is 12.2. The Morgan fingerprint density at radius 2 is 1.51 bits per heavy atom. The van der Waals surface area contributed by atoms with Crippen molar-refractivity contribution in [1.82, 2.24) is 14.7 Å². The van der Waals surface area contributed by atoms with Crippen molar-refractivity contribution in [2.24, 2.45) is 0 Å². The van der Waals surface area contributed by atoms with Crippen LogP contribution in [0.2, 0.25) is 0 Å². The van der Waals surface area contributed by atoms with Crippen LogP contribution in [-0.4, -0.2) is 90.1 Å². The minimum atomic E-state index is -0.588. The third-order valence-electron chi connectivity index (χ3n) is 7.20. The number of benzene rings is 3. The van der Waals surface area contributed by atoms with Gasteiger partial charge in [0.05, 0.1) is 0 Å². The number of carbonyl (C=O) groups excluding carboxylic acids is 2. The molecule has 0 saturated carbocycles. The first-order valence-corrected chi connectivity index (χ1v) is 12.9. The first-order chi connectivity index (χ1) is 18.0. The van der Waals surface area contributed by atoms with Gasteiger partial charge in [-0.05, 0) is 35.6 Å². The van der Waals surface area contributed by atoms with Crippen LogP contribution in [0.25, 0.3) is 10.8 Å². The van der Waals surface area contributed by atoms with Gasteiger partial charge in [-0.15, -0.1) is 6.58 Å². The van der Waals surface area contributed by atoms with Gasteiger partial charge in [0.15, 0.2) is 0 Å². The summed E-state index contributed by atoms with van der Waals surface area (Å²) >= 11 is 0. The molecule has 37 heavy (non-hydrogen) atoms. The number of aliphatic hydroxyl groups excluding tert-OH is 1. The highest BCUT2D eigenvalue weighted by atomic mass is 16.5. The number of ether oxygens (including phenoxy) is 1. The van der Waals surface area contributed by atoms with Crippen molar-refractivity contribution in [2.45, 2.75) is 12.5 Å². The van der Waals surface area contributed by atoms with E-state index in [2.05, 4.69) is 16.4 Å². The number of nitrogens with zero attached hydrogens (tertiary/aromatic N) is 3. The third kappa shape index (κ3) is 5.44. The Balaban J connectivity index is 1.09. The number of amides is 2. The van der Waals surface area contributed by atoms with Gasteiger partial charge in [0, 0.05) is 62.3 Å². The van der Waals surface area contributed by atoms with Gasteiger partial charge in [0.2, 0.25) is 0 Å². The molecule has 2 heterocycles. The molecule has 3 aromatic carbocycles. The molecule has 5 rings (SSSR count). The average Bonchev–Trinajstić information content (AvgIpc) is 2.92. The lowest BCUT2D eigenvalue weighted by Crippen LogP contribution is -2.51. The predicted octanol–water partition coefficient (Wildman–Crippen LogP) is 3.22. The average molecular weight is 500 g/mol. The summed E-state index contributed by atoms with van der Waals surface area (Å²) < 4.78 is 5.88. The second-order valence-corrected chi connectivity index (χ2v) is 9.68. The number of hydrogen-bond donors (Lipinski definition) is 1. The van der Waals surface area contributed by atoms with Crippen LogP contribution in [0.5, 0.6) is 5.75 Å². The van der Waals surface area contributed by atoms with Crippen molar-refractivity contribution < 1.29 is 19.4 Å². The zero-order valence-electron chi connectivity index (χ0n) is 21.0. The third-order valence-corrected chi connectivity index (χ3v) is 7.20. The van der Waals surface area contributed by atoms with E-state index >= 15 is 0 Å². The first-order valence-electron chi connectivity index (χ1n) is 12.9. The molecular weight excluding hydrogens is 466 g/mol. The van der Waals surface area contributed by atoms with E-state index in [4.69, 9.17) is 4.74 Å². The minimum absolute atomic E-state index is 0.217. The Labute approximate surface area is 217 Å². The summed E-state index contributed by atoms with van der Waals surface area (Å²) in [6.07, 6.45) is 1.98. The zero-order chi connectivity index (χ0) is 25.8. The number of piperazine rings is 1. The maximum Gasteiger partial charge on any atom is 0.261 e. The zero-order valence-corrected chi connectivity index (χ0v) is 21.0. The maximum absolute atomic E-state index is 13.1. The summed E-state index contributed by atoms with van der Waals surface area (Å²) in [4.78, 5) is 32.1. The van der Waals surface area contributed by atoms with Gasteiger partial charge in [-0.2, -0.15) is 0 Å². The molecule has 7 heteroatoms. The van der Waals surface area contributed by atoms with Crippen molar-refractivity contribution in [2.75, 3.05) is 52.4 Å². The molecule has 2 aliphatic rings. The molecule has 2 amide bonds. The Hall–Kier alpha value is -3.52. The fraction of sp³-hybridized carbons (Fsp3) is 0.333. The summed E-state index contributed by atoms with van der Waals surface area (Å²) in [5.41, 5.74) is 2.26. The normalized spacial score (nSPS) is 17.3. The molecule has 0 aromatic heterocycles. The molecule has 0 bridgehead atoms. The molecule has 1 fully saturated rings. The highest BCUT2D eigenvalue weighted by Crippen LogP contribution is 2.29. The van der Waals surface area contributed by atoms with Gasteiger partial charge < -0.3 is 9.84 Å². The van der Waals surface area contributed by atoms with E-state index in [0.29, 0.717) is 30.8 Å². The first kappa shape index (κ1) is 25.1. The number of aliphatic hydroxyl groups is 1. The van der Waals surface area contributed by atoms with Crippen molar-refractivity contribution in [3.05, 3.63) is 90.0 Å². The lowest BCUT2D eigenvalue weighted by molar-refractivity contribution is 0.0415. The quantitative estimate of drug-likeness (QED) is 0.341. The lowest BCUT2D eigenvalue weighted by Gasteiger charge is -2.36. The van der Waals surface area contributed by atoms with Gasteiger partial charge in [0.25, 0.3) is 11.8 Å². The highest BCUT2D eigenvalue weighted by Gasteiger charge is 2.33. The number of β-amino-alcohol motifs (C(OH)–C–C–N with tert-alkyl or cyclic N) is 1. The Kier molecular flexibility index (Phi) is 7.65. The van der Waals surface area contributed by atoms with Crippen molar-refractivity contribution >= 4 is 22.6 Å². The van der Waals surface area contributed by atoms with E-state index in [1.807, 2.05) is 54.6 Å².